The van der Waals surface area contributed by atoms with Crippen molar-refractivity contribution >= 4 is 29.9 Å². The zero-order valence-electron chi connectivity index (χ0n) is 14.2. The van der Waals surface area contributed by atoms with Crippen LogP contribution in [0.15, 0.2) is 33.8 Å². The van der Waals surface area contributed by atoms with E-state index in [0.29, 0.717) is 18.3 Å². The molecule has 1 aromatic carbocycles. The van der Waals surface area contributed by atoms with Crippen molar-refractivity contribution in [3.63, 3.8) is 0 Å². The van der Waals surface area contributed by atoms with Crippen molar-refractivity contribution in [3.05, 3.63) is 41.5 Å². The van der Waals surface area contributed by atoms with Crippen molar-refractivity contribution in [2.75, 3.05) is 20.2 Å². The summed E-state index contributed by atoms with van der Waals surface area (Å²) >= 11 is 0. The number of aromatic nitrogens is 2. The molecule has 2 N–H and O–H groups in total. The Kier molecular flexibility index (Phi) is 9.13. The molecule has 0 atom stereocenters. The smallest absolute Gasteiger partial charge is 0.223 e. The zero-order chi connectivity index (χ0) is 16.5. The monoisotopic (exact) mass is 445 g/mol. The maximum Gasteiger partial charge on any atom is 0.223 e. The second-order valence-corrected chi connectivity index (χ2v) is 4.91. The molecule has 1 aromatic heterocycles. The SMILES string of the molecule is CCNC(=NCc1noc(C)n1)NCCc1ccccc1OC.I. The number of aliphatic imine (C=N–C) groups is 1. The number of guanidine groups is 1. The molecular formula is C16H24IN5O2. The molecule has 0 spiro atoms. The number of para-hydroxylation sites is 1. The Labute approximate surface area is 159 Å². The average Bonchev–Trinajstić information content (AvgIpc) is 2.98. The number of nitrogens with zero attached hydrogens (tertiary/aromatic N) is 3. The molecule has 0 saturated carbocycles. The first-order chi connectivity index (χ1) is 11.2. The molecule has 8 heteroatoms. The van der Waals surface area contributed by atoms with Crippen LogP contribution in [0.2, 0.25) is 0 Å². The molecule has 132 valence electrons. The molecule has 2 rings (SSSR count). The Hall–Kier alpha value is -1.84. The minimum atomic E-state index is 0. The molecular weight excluding hydrogens is 421 g/mol. The van der Waals surface area contributed by atoms with Gasteiger partial charge in [0.2, 0.25) is 5.89 Å². The Morgan fingerprint density at radius 1 is 1.29 bits per heavy atom. The minimum Gasteiger partial charge on any atom is -0.496 e. The maximum atomic E-state index is 5.36. The molecule has 1 heterocycles. The summed E-state index contributed by atoms with van der Waals surface area (Å²) in [5.41, 5.74) is 1.16. The quantitative estimate of drug-likeness (QED) is 0.387. The van der Waals surface area contributed by atoms with Gasteiger partial charge in [-0.05, 0) is 25.0 Å². The predicted octanol–water partition coefficient (Wildman–Crippen LogP) is 2.30. The number of aryl methyl sites for hydroxylation is 1. The van der Waals surface area contributed by atoms with Crippen molar-refractivity contribution in [2.45, 2.75) is 26.8 Å². The average molecular weight is 445 g/mol. The van der Waals surface area contributed by atoms with Crippen LogP contribution in [0.3, 0.4) is 0 Å². The van der Waals surface area contributed by atoms with Gasteiger partial charge in [0, 0.05) is 20.0 Å². The largest absolute Gasteiger partial charge is 0.496 e. The number of hydrogen-bond acceptors (Lipinski definition) is 5. The summed E-state index contributed by atoms with van der Waals surface area (Å²) in [7, 11) is 1.69. The number of rotatable bonds is 7. The van der Waals surface area contributed by atoms with Crippen LogP contribution in [0.5, 0.6) is 5.75 Å². The number of methoxy groups -OCH3 is 1. The number of ether oxygens (including phenoxy) is 1. The highest BCUT2D eigenvalue weighted by atomic mass is 127. The number of halogens is 1. The van der Waals surface area contributed by atoms with Crippen LogP contribution in [0.25, 0.3) is 0 Å². The second kappa shape index (κ2) is 10.8. The predicted molar refractivity (Wildman–Crippen MR) is 104 cm³/mol. The molecule has 0 aliphatic carbocycles. The lowest BCUT2D eigenvalue weighted by atomic mass is 10.1. The van der Waals surface area contributed by atoms with Gasteiger partial charge in [0.1, 0.15) is 12.3 Å². The van der Waals surface area contributed by atoms with Gasteiger partial charge in [0.15, 0.2) is 11.8 Å². The van der Waals surface area contributed by atoms with Crippen LogP contribution in [-0.2, 0) is 13.0 Å². The molecule has 0 aliphatic rings. The third kappa shape index (κ3) is 6.34. The Bertz CT molecular complexity index is 645. The topological polar surface area (TPSA) is 84.6 Å². The van der Waals surface area contributed by atoms with E-state index in [-0.39, 0.29) is 24.0 Å². The number of nitrogens with one attached hydrogen (secondary N) is 2. The van der Waals surface area contributed by atoms with E-state index in [2.05, 4.69) is 31.8 Å². The molecule has 0 fully saturated rings. The van der Waals surface area contributed by atoms with E-state index >= 15 is 0 Å². The van der Waals surface area contributed by atoms with Gasteiger partial charge in [-0.1, -0.05) is 23.4 Å². The Morgan fingerprint density at radius 2 is 2.08 bits per heavy atom. The highest BCUT2D eigenvalue weighted by molar-refractivity contribution is 14.0. The summed E-state index contributed by atoms with van der Waals surface area (Å²) in [6, 6.07) is 8.00. The molecule has 2 aromatic rings. The molecule has 0 bridgehead atoms. The summed E-state index contributed by atoms with van der Waals surface area (Å²) in [4.78, 5) is 8.59. The van der Waals surface area contributed by atoms with Gasteiger partial charge in [-0.15, -0.1) is 24.0 Å². The van der Waals surface area contributed by atoms with Crippen molar-refractivity contribution < 1.29 is 9.26 Å². The molecule has 24 heavy (non-hydrogen) atoms. The molecule has 7 nitrogen and oxygen atoms in total. The highest BCUT2D eigenvalue weighted by Gasteiger charge is 2.04. The lowest BCUT2D eigenvalue weighted by Crippen LogP contribution is -2.38. The molecule has 0 amide bonds. The lowest BCUT2D eigenvalue weighted by molar-refractivity contribution is 0.387. The molecule has 0 radical (unpaired) electrons. The van der Waals surface area contributed by atoms with E-state index in [4.69, 9.17) is 9.26 Å². The lowest BCUT2D eigenvalue weighted by Gasteiger charge is -2.12. The summed E-state index contributed by atoms with van der Waals surface area (Å²) < 4.78 is 10.3. The zero-order valence-corrected chi connectivity index (χ0v) is 16.5. The van der Waals surface area contributed by atoms with Crippen molar-refractivity contribution in [1.82, 2.24) is 20.8 Å². The van der Waals surface area contributed by atoms with E-state index in [1.54, 1.807) is 14.0 Å². The third-order valence-corrected chi connectivity index (χ3v) is 3.17. The first-order valence-electron chi connectivity index (χ1n) is 7.66. The van der Waals surface area contributed by atoms with E-state index in [0.717, 1.165) is 36.8 Å². The van der Waals surface area contributed by atoms with Crippen LogP contribution in [0.1, 0.15) is 24.2 Å². The molecule has 0 unspecified atom stereocenters. The Balaban J connectivity index is 0.00000288. The second-order valence-electron chi connectivity index (χ2n) is 4.91. The van der Waals surface area contributed by atoms with Crippen molar-refractivity contribution in [1.29, 1.82) is 0 Å². The van der Waals surface area contributed by atoms with E-state index in [1.165, 1.54) is 0 Å². The van der Waals surface area contributed by atoms with Gasteiger partial charge in [-0.25, -0.2) is 4.99 Å². The summed E-state index contributed by atoms with van der Waals surface area (Å²) in [6.45, 7) is 5.69. The first-order valence-corrected chi connectivity index (χ1v) is 7.66. The van der Waals surface area contributed by atoms with E-state index in [9.17, 15) is 0 Å². The normalized spacial score (nSPS) is 10.9. The fraction of sp³-hybridized carbons (Fsp3) is 0.438. The minimum absolute atomic E-state index is 0. The van der Waals surface area contributed by atoms with Gasteiger partial charge >= 0.3 is 0 Å². The third-order valence-electron chi connectivity index (χ3n) is 3.17. The fourth-order valence-electron chi connectivity index (χ4n) is 2.12. The van der Waals surface area contributed by atoms with E-state index < -0.39 is 0 Å². The number of benzene rings is 1. The molecule has 0 aliphatic heterocycles. The first kappa shape index (κ1) is 20.2. The van der Waals surface area contributed by atoms with Crippen molar-refractivity contribution in [3.8, 4) is 5.75 Å². The van der Waals surface area contributed by atoms with E-state index in [1.807, 2.05) is 25.1 Å². The van der Waals surface area contributed by atoms with Crippen LogP contribution in [-0.4, -0.2) is 36.3 Å². The van der Waals surface area contributed by atoms with Crippen LogP contribution in [0, 0.1) is 6.92 Å². The van der Waals surface area contributed by atoms with Crippen LogP contribution < -0.4 is 15.4 Å². The highest BCUT2D eigenvalue weighted by Crippen LogP contribution is 2.17. The van der Waals surface area contributed by atoms with Gasteiger partial charge in [-0.3, -0.25) is 0 Å². The summed E-state index contributed by atoms with van der Waals surface area (Å²) in [6.07, 6.45) is 0.843. The maximum absolute atomic E-state index is 5.36. The molecule has 0 saturated heterocycles. The van der Waals surface area contributed by atoms with Crippen LogP contribution >= 0.6 is 24.0 Å². The van der Waals surface area contributed by atoms with Gasteiger partial charge < -0.3 is 19.9 Å². The van der Waals surface area contributed by atoms with Gasteiger partial charge in [0.25, 0.3) is 0 Å². The Morgan fingerprint density at radius 3 is 2.75 bits per heavy atom. The van der Waals surface area contributed by atoms with Crippen LogP contribution in [0.4, 0.5) is 0 Å². The van der Waals surface area contributed by atoms with Gasteiger partial charge in [0.05, 0.1) is 7.11 Å². The summed E-state index contributed by atoms with van der Waals surface area (Å²) in [5.74, 6) is 2.75. The van der Waals surface area contributed by atoms with Crippen molar-refractivity contribution in [2.24, 2.45) is 4.99 Å². The van der Waals surface area contributed by atoms with Gasteiger partial charge in [-0.2, -0.15) is 4.98 Å². The number of hydrogen-bond donors (Lipinski definition) is 2. The summed E-state index contributed by atoms with van der Waals surface area (Å²) in [5, 5.41) is 10.3. The standard InChI is InChI=1S/C16H23N5O2.HI/c1-4-17-16(19-11-15-20-12(2)23-21-15)18-10-9-13-7-5-6-8-14(13)22-3;/h5-8H,4,9-11H2,1-3H3,(H2,17,18,19);1H. The fourth-order valence-corrected chi connectivity index (χ4v) is 2.12.